The predicted octanol–water partition coefficient (Wildman–Crippen LogP) is 2.33. The molecule has 0 saturated carbocycles. The lowest BCUT2D eigenvalue weighted by molar-refractivity contribution is -0.116. The molecule has 2 aliphatic rings. The lowest BCUT2D eigenvalue weighted by atomic mass is 9.99. The molecule has 0 bridgehead atoms. The van der Waals surface area contributed by atoms with E-state index in [1.54, 1.807) is 11.1 Å². The Morgan fingerprint density at radius 3 is 2.67 bits per heavy atom. The van der Waals surface area contributed by atoms with Crippen LogP contribution in [0, 0.1) is 6.92 Å². The van der Waals surface area contributed by atoms with Crippen LogP contribution in [0.1, 0.15) is 24.6 Å². The van der Waals surface area contributed by atoms with Gasteiger partial charge in [0.25, 0.3) is 0 Å². The van der Waals surface area contributed by atoms with Crippen molar-refractivity contribution in [1.29, 1.82) is 0 Å². The number of aromatic nitrogens is 2. The minimum atomic E-state index is -4.05. The van der Waals surface area contributed by atoms with E-state index >= 15 is 4.39 Å². The zero-order valence-electron chi connectivity index (χ0n) is 19.2. The first-order chi connectivity index (χ1) is 15.8. The summed E-state index contributed by atoms with van der Waals surface area (Å²) in [5, 5.41) is 0. The van der Waals surface area contributed by atoms with Crippen LogP contribution >= 0.6 is 0 Å². The van der Waals surface area contributed by atoms with E-state index in [1.807, 2.05) is 13.8 Å². The SMILES string of the molecule is CCc1nc(N2CCC3(OCCN3S(=O)(=O)c3ccc(OC)c(OC)c3)C(F)C2)ncc1C. The molecule has 1 aromatic heterocycles. The molecule has 2 saturated heterocycles. The van der Waals surface area contributed by atoms with Crippen molar-refractivity contribution in [2.24, 2.45) is 0 Å². The molecule has 2 aromatic rings. The molecule has 180 valence electrons. The second-order valence-electron chi connectivity index (χ2n) is 8.10. The van der Waals surface area contributed by atoms with E-state index in [0.29, 0.717) is 18.2 Å². The number of piperidine rings is 1. The van der Waals surface area contributed by atoms with Crippen LogP contribution in [0.15, 0.2) is 29.3 Å². The number of anilines is 1. The number of hydrogen-bond acceptors (Lipinski definition) is 8. The van der Waals surface area contributed by atoms with Crippen molar-refractivity contribution in [3.63, 3.8) is 0 Å². The van der Waals surface area contributed by atoms with Crippen LogP contribution in [-0.4, -0.2) is 75.0 Å². The summed E-state index contributed by atoms with van der Waals surface area (Å²) in [6.07, 6.45) is 1.05. The average molecular weight is 481 g/mol. The maximum Gasteiger partial charge on any atom is 0.245 e. The molecule has 0 amide bonds. The first-order valence-corrected chi connectivity index (χ1v) is 12.3. The first kappa shape index (κ1) is 23.7. The number of sulfonamides is 1. The van der Waals surface area contributed by atoms with E-state index in [0.717, 1.165) is 22.0 Å². The number of hydrogen-bond donors (Lipinski definition) is 0. The Labute approximate surface area is 193 Å². The van der Waals surface area contributed by atoms with Gasteiger partial charge in [0.15, 0.2) is 23.4 Å². The third-order valence-corrected chi connectivity index (χ3v) is 8.22. The number of nitrogens with zero attached hydrogens (tertiary/aromatic N) is 4. The fraction of sp³-hybridized carbons (Fsp3) is 0.545. The molecule has 0 radical (unpaired) electrons. The molecule has 9 nitrogen and oxygen atoms in total. The Hall–Kier alpha value is -2.50. The number of alkyl halides is 1. The third kappa shape index (κ3) is 4.02. The van der Waals surface area contributed by atoms with Crippen molar-refractivity contribution in [3.8, 4) is 11.5 Å². The van der Waals surface area contributed by atoms with Gasteiger partial charge in [-0.25, -0.2) is 22.8 Å². The molecular formula is C22H29FN4O5S. The molecule has 0 N–H and O–H groups in total. The summed E-state index contributed by atoms with van der Waals surface area (Å²) < 4.78 is 60.2. The standard InChI is InChI=1S/C22H29FN4O5S/c1-5-17-15(2)13-24-21(25-17)26-9-8-22(20(23)14-26)27(10-11-32-22)33(28,29)16-6-7-18(30-3)19(12-16)31-4/h6-7,12-13,20H,5,8-11,14H2,1-4H3. The van der Waals surface area contributed by atoms with Crippen molar-refractivity contribution >= 4 is 16.0 Å². The number of aryl methyl sites for hydroxylation is 2. The van der Waals surface area contributed by atoms with Crippen LogP contribution in [0.2, 0.25) is 0 Å². The van der Waals surface area contributed by atoms with Gasteiger partial charge in [0, 0.05) is 37.5 Å². The largest absolute Gasteiger partial charge is 0.493 e. The normalized spacial score (nSPS) is 23.8. The summed E-state index contributed by atoms with van der Waals surface area (Å²) in [5.74, 6) is 1.13. The Morgan fingerprint density at radius 1 is 1.24 bits per heavy atom. The highest BCUT2D eigenvalue weighted by molar-refractivity contribution is 7.89. The van der Waals surface area contributed by atoms with Crippen LogP contribution in [0.5, 0.6) is 11.5 Å². The van der Waals surface area contributed by atoms with Gasteiger partial charge in [-0.2, -0.15) is 4.31 Å². The van der Waals surface area contributed by atoms with Gasteiger partial charge < -0.3 is 19.1 Å². The first-order valence-electron chi connectivity index (χ1n) is 10.9. The van der Waals surface area contributed by atoms with Crippen LogP contribution in [0.25, 0.3) is 0 Å². The van der Waals surface area contributed by atoms with E-state index in [9.17, 15) is 8.42 Å². The lowest BCUT2D eigenvalue weighted by Gasteiger charge is -2.45. The van der Waals surface area contributed by atoms with E-state index in [-0.39, 0.29) is 36.8 Å². The zero-order chi connectivity index (χ0) is 23.8. The Morgan fingerprint density at radius 2 is 2.00 bits per heavy atom. The maximum absolute atomic E-state index is 15.7. The molecule has 3 heterocycles. The monoisotopic (exact) mass is 480 g/mol. The van der Waals surface area contributed by atoms with Gasteiger partial charge in [-0.15, -0.1) is 0 Å². The van der Waals surface area contributed by atoms with E-state index in [1.165, 1.54) is 32.4 Å². The highest BCUT2D eigenvalue weighted by Gasteiger charge is 2.57. The summed E-state index contributed by atoms with van der Waals surface area (Å²) in [5.41, 5.74) is 0.323. The van der Waals surface area contributed by atoms with Gasteiger partial charge in [0.05, 0.1) is 32.3 Å². The fourth-order valence-corrected chi connectivity index (χ4v) is 6.21. The highest BCUT2D eigenvalue weighted by atomic mass is 32.2. The van der Waals surface area contributed by atoms with Gasteiger partial charge in [-0.05, 0) is 31.0 Å². The Bertz CT molecular complexity index is 1130. The number of halogens is 1. The summed E-state index contributed by atoms with van der Waals surface area (Å²) in [4.78, 5) is 10.7. The molecule has 11 heteroatoms. The van der Waals surface area contributed by atoms with Crippen molar-refractivity contribution in [2.75, 3.05) is 45.4 Å². The molecule has 2 atom stereocenters. The molecule has 1 aromatic carbocycles. The van der Waals surface area contributed by atoms with Gasteiger partial charge in [0.2, 0.25) is 16.0 Å². The van der Waals surface area contributed by atoms with Crippen LogP contribution in [-0.2, 0) is 21.2 Å². The Balaban J connectivity index is 1.61. The quantitative estimate of drug-likeness (QED) is 0.622. The maximum atomic E-state index is 15.7. The second-order valence-corrected chi connectivity index (χ2v) is 9.97. The molecule has 2 fully saturated rings. The van der Waals surface area contributed by atoms with Crippen LogP contribution in [0.3, 0.4) is 0 Å². The molecular weight excluding hydrogens is 451 g/mol. The van der Waals surface area contributed by atoms with Gasteiger partial charge in [0.1, 0.15) is 0 Å². The van der Waals surface area contributed by atoms with Crippen LogP contribution in [0.4, 0.5) is 10.3 Å². The second kappa shape index (κ2) is 9.03. The third-order valence-electron chi connectivity index (χ3n) is 6.30. The minimum Gasteiger partial charge on any atom is -0.493 e. The fourth-order valence-electron chi connectivity index (χ4n) is 4.48. The number of benzene rings is 1. The van der Waals surface area contributed by atoms with Gasteiger partial charge in [-0.1, -0.05) is 6.92 Å². The van der Waals surface area contributed by atoms with Crippen molar-refractivity contribution in [3.05, 3.63) is 35.7 Å². The molecule has 33 heavy (non-hydrogen) atoms. The molecule has 4 rings (SSSR count). The van der Waals surface area contributed by atoms with Crippen molar-refractivity contribution in [2.45, 2.75) is 43.5 Å². The summed E-state index contributed by atoms with van der Waals surface area (Å²) in [7, 11) is -1.15. The highest BCUT2D eigenvalue weighted by Crippen LogP contribution is 2.41. The van der Waals surface area contributed by atoms with Gasteiger partial charge in [-0.3, -0.25) is 0 Å². The summed E-state index contributed by atoms with van der Waals surface area (Å²) >= 11 is 0. The van der Waals surface area contributed by atoms with E-state index < -0.39 is 21.9 Å². The smallest absolute Gasteiger partial charge is 0.245 e. The topological polar surface area (TPSA) is 94.1 Å². The van der Waals surface area contributed by atoms with Crippen molar-refractivity contribution < 1.29 is 27.0 Å². The number of methoxy groups -OCH3 is 2. The van der Waals surface area contributed by atoms with Gasteiger partial charge >= 0.3 is 0 Å². The molecule has 2 unspecified atom stereocenters. The lowest BCUT2D eigenvalue weighted by Crippen LogP contribution is -2.62. The van der Waals surface area contributed by atoms with E-state index in [2.05, 4.69) is 9.97 Å². The zero-order valence-corrected chi connectivity index (χ0v) is 20.1. The predicted molar refractivity (Wildman–Crippen MR) is 120 cm³/mol. The summed E-state index contributed by atoms with van der Waals surface area (Å²) in [6, 6.07) is 4.33. The summed E-state index contributed by atoms with van der Waals surface area (Å²) in [6.45, 7) is 4.43. The van der Waals surface area contributed by atoms with Crippen molar-refractivity contribution in [1.82, 2.24) is 14.3 Å². The number of rotatable bonds is 6. The Kier molecular flexibility index (Phi) is 6.47. The van der Waals surface area contributed by atoms with E-state index in [4.69, 9.17) is 14.2 Å². The molecule has 0 aliphatic carbocycles. The van der Waals surface area contributed by atoms with Crippen LogP contribution < -0.4 is 14.4 Å². The minimum absolute atomic E-state index is 0.00545. The molecule has 1 spiro atoms. The average Bonchev–Trinajstić information content (AvgIpc) is 3.26. The number of ether oxygens (including phenoxy) is 3. The molecule has 2 aliphatic heterocycles.